The van der Waals surface area contributed by atoms with Crippen molar-refractivity contribution < 1.29 is 18.4 Å². The maximum Gasteiger partial charge on any atom is 0.259 e. The van der Waals surface area contributed by atoms with Crippen molar-refractivity contribution in [3.8, 4) is 28.6 Å². The van der Waals surface area contributed by atoms with E-state index in [1.807, 2.05) is 18.2 Å². The molecule has 0 fully saturated rings. The van der Waals surface area contributed by atoms with Crippen molar-refractivity contribution >= 4 is 11.6 Å². The van der Waals surface area contributed by atoms with E-state index >= 15 is 0 Å². The SMILES string of the molecule is COc1ccccc1-c1noc(-c2ccccc2C(=O)Nc2ccccc2F)n1. The summed E-state index contributed by atoms with van der Waals surface area (Å²) in [7, 11) is 1.56. The third kappa shape index (κ3) is 3.70. The maximum atomic E-state index is 13.9. The summed E-state index contributed by atoms with van der Waals surface area (Å²) in [6, 6.07) is 20.0. The lowest BCUT2D eigenvalue weighted by Gasteiger charge is -2.08. The van der Waals surface area contributed by atoms with Gasteiger partial charge in [0.15, 0.2) is 0 Å². The number of anilines is 1. The number of hydrogen-bond donors (Lipinski definition) is 1. The number of methoxy groups -OCH3 is 1. The van der Waals surface area contributed by atoms with Gasteiger partial charge in [-0.1, -0.05) is 41.6 Å². The molecule has 4 rings (SSSR count). The predicted octanol–water partition coefficient (Wildman–Crippen LogP) is 4.80. The van der Waals surface area contributed by atoms with E-state index in [9.17, 15) is 9.18 Å². The molecule has 7 heteroatoms. The number of halogens is 1. The lowest BCUT2D eigenvalue weighted by molar-refractivity contribution is 0.102. The Bertz CT molecular complexity index is 1170. The van der Waals surface area contributed by atoms with Gasteiger partial charge in [-0.3, -0.25) is 4.79 Å². The molecule has 1 aromatic heterocycles. The van der Waals surface area contributed by atoms with Gasteiger partial charge in [-0.25, -0.2) is 4.39 Å². The largest absolute Gasteiger partial charge is 0.496 e. The van der Waals surface area contributed by atoms with Crippen LogP contribution in [-0.4, -0.2) is 23.2 Å². The molecule has 0 aliphatic rings. The zero-order valence-electron chi connectivity index (χ0n) is 15.4. The van der Waals surface area contributed by atoms with Gasteiger partial charge in [0.05, 0.1) is 29.5 Å². The van der Waals surface area contributed by atoms with Gasteiger partial charge in [0, 0.05) is 0 Å². The first kappa shape index (κ1) is 18.4. The molecule has 1 amide bonds. The highest BCUT2D eigenvalue weighted by Crippen LogP contribution is 2.30. The Hall–Kier alpha value is -4.00. The van der Waals surface area contributed by atoms with Crippen LogP contribution in [-0.2, 0) is 0 Å². The van der Waals surface area contributed by atoms with Crippen LogP contribution in [0.3, 0.4) is 0 Å². The van der Waals surface area contributed by atoms with E-state index < -0.39 is 11.7 Å². The smallest absolute Gasteiger partial charge is 0.259 e. The highest BCUT2D eigenvalue weighted by molar-refractivity contribution is 6.08. The average Bonchev–Trinajstić information content (AvgIpc) is 3.25. The second-order valence-corrected chi connectivity index (χ2v) is 6.10. The van der Waals surface area contributed by atoms with Gasteiger partial charge in [0.1, 0.15) is 11.6 Å². The molecule has 1 N–H and O–H groups in total. The fourth-order valence-electron chi connectivity index (χ4n) is 2.89. The summed E-state index contributed by atoms with van der Waals surface area (Å²) in [4.78, 5) is 17.2. The van der Waals surface area contributed by atoms with E-state index in [4.69, 9.17) is 9.26 Å². The molecule has 6 nitrogen and oxygen atoms in total. The van der Waals surface area contributed by atoms with E-state index in [-0.39, 0.29) is 17.1 Å². The second-order valence-electron chi connectivity index (χ2n) is 6.10. The van der Waals surface area contributed by atoms with Crippen LogP contribution in [0.5, 0.6) is 5.75 Å². The van der Waals surface area contributed by atoms with Crippen molar-refractivity contribution in [3.05, 3.63) is 84.2 Å². The average molecular weight is 389 g/mol. The van der Waals surface area contributed by atoms with Crippen LogP contribution >= 0.6 is 0 Å². The third-order valence-electron chi connectivity index (χ3n) is 4.30. The lowest BCUT2D eigenvalue weighted by Crippen LogP contribution is -2.14. The molecule has 3 aromatic carbocycles. The lowest BCUT2D eigenvalue weighted by atomic mass is 10.1. The number of nitrogens with zero attached hydrogens (tertiary/aromatic N) is 2. The molecule has 0 atom stereocenters. The molecule has 0 aliphatic carbocycles. The molecular weight excluding hydrogens is 373 g/mol. The van der Waals surface area contributed by atoms with Gasteiger partial charge in [0.2, 0.25) is 5.82 Å². The van der Waals surface area contributed by atoms with Crippen molar-refractivity contribution in [2.45, 2.75) is 0 Å². The van der Waals surface area contributed by atoms with Crippen LogP contribution in [0.1, 0.15) is 10.4 Å². The summed E-state index contributed by atoms with van der Waals surface area (Å²) in [5.41, 5.74) is 1.48. The van der Waals surface area contributed by atoms with Crippen LogP contribution in [0.15, 0.2) is 77.3 Å². The topological polar surface area (TPSA) is 77.2 Å². The van der Waals surface area contributed by atoms with E-state index in [2.05, 4.69) is 15.5 Å². The monoisotopic (exact) mass is 389 g/mol. The summed E-state index contributed by atoms with van der Waals surface area (Å²) in [5, 5.41) is 6.58. The van der Waals surface area contributed by atoms with Crippen LogP contribution < -0.4 is 10.1 Å². The molecule has 144 valence electrons. The minimum absolute atomic E-state index is 0.0903. The zero-order chi connectivity index (χ0) is 20.2. The minimum atomic E-state index is -0.519. The number of hydrogen-bond acceptors (Lipinski definition) is 5. The Morgan fingerprint density at radius 2 is 1.66 bits per heavy atom. The summed E-state index contributed by atoms with van der Waals surface area (Å²) in [6.45, 7) is 0. The van der Waals surface area contributed by atoms with E-state index in [1.165, 1.54) is 12.1 Å². The molecule has 0 unspecified atom stereocenters. The second kappa shape index (κ2) is 7.93. The molecule has 0 spiro atoms. The summed E-state index contributed by atoms with van der Waals surface area (Å²) >= 11 is 0. The molecule has 29 heavy (non-hydrogen) atoms. The number of ether oxygens (including phenoxy) is 1. The number of carbonyl (C=O) groups is 1. The quantitative estimate of drug-likeness (QED) is 0.530. The number of aromatic nitrogens is 2. The molecule has 1 heterocycles. The van der Waals surface area contributed by atoms with Gasteiger partial charge < -0.3 is 14.6 Å². The standard InChI is InChI=1S/C22H16FN3O3/c1-28-19-13-7-4-10-16(19)20-25-22(29-26-20)15-9-3-2-8-14(15)21(27)24-18-12-6-5-11-17(18)23/h2-13H,1H3,(H,24,27). The Morgan fingerprint density at radius 1 is 0.966 bits per heavy atom. The fraction of sp³-hybridized carbons (Fsp3) is 0.0455. The first-order chi connectivity index (χ1) is 14.2. The summed E-state index contributed by atoms with van der Waals surface area (Å²) in [6.07, 6.45) is 0. The van der Waals surface area contributed by atoms with Gasteiger partial charge in [-0.05, 0) is 36.4 Å². The van der Waals surface area contributed by atoms with Crippen LogP contribution in [0.4, 0.5) is 10.1 Å². The first-order valence-electron chi connectivity index (χ1n) is 8.80. The summed E-state index contributed by atoms with van der Waals surface area (Å²) in [5.74, 6) is 0.106. The molecule has 4 aromatic rings. The number of rotatable bonds is 5. The Morgan fingerprint density at radius 3 is 2.45 bits per heavy atom. The van der Waals surface area contributed by atoms with E-state index in [1.54, 1.807) is 49.6 Å². The molecule has 0 saturated carbocycles. The maximum absolute atomic E-state index is 13.9. The third-order valence-corrected chi connectivity index (χ3v) is 4.30. The minimum Gasteiger partial charge on any atom is -0.496 e. The molecule has 0 bridgehead atoms. The zero-order valence-corrected chi connectivity index (χ0v) is 15.4. The molecule has 0 radical (unpaired) electrons. The predicted molar refractivity (Wildman–Crippen MR) is 106 cm³/mol. The molecular formula is C22H16FN3O3. The Kier molecular flexibility index (Phi) is 5.03. The van der Waals surface area contributed by atoms with Crippen molar-refractivity contribution in [1.82, 2.24) is 10.1 Å². The molecule has 0 aliphatic heterocycles. The highest BCUT2D eigenvalue weighted by atomic mass is 19.1. The fourth-order valence-corrected chi connectivity index (χ4v) is 2.89. The van der Waals surface area contributed by atoms with E-state index in [0.717, 1.165) is 0 Å². The number of amides is 1. The van der Waals surface area contributed by atoms with Crippen molar-refractivity contribution in [2.75, 3.05) is 12.4 Å². The van der Waals surface area contributed by atoms with Crippen LogP contribution in [0.25, 0.3) is 22.8 Å². The van der Waals surface area contributed by atoms with Gasteiger partial charge >= 0.3 is 0 Å². The van der Waals surface area contributed by atoms with E-state index in [0.29, 0.717) is 22.7 Å². The Labute approximate surface area is 166 Å². The first-order valence-corrected chi connectivity index (χ1v) is 8.80. The van der Waals surface area contributed by atoms with Crippen molar-refractivity contribution in [3.63, 3.8) is 0 Å². The van der Waals surface area contributed by atoms with Crippen LogP contribution in [0.2, 0.25) is 0 Å². The van der Waals surface area contributed by atoms with Gasteiger partial charge in [-0.15, -0.1) is 0 Å². The summed E-state index contributed by atoms with van der Waals surface area (Å²) < 4.78 is 24.6. The number of benzene rings is 3. The molecule has 0 saturated heterocycles. The number of nitrogens with one attached hydrogen (secondary N) is 1. The van der Waals surface area contributed by atoms with Gasteiger partial charge in [0.25, 0.3) is 11.8 Å². The van der Waals surface area contributed by atoms with Crippen LogP contribution in [0, 0.1) is 5.82 Å². The number of para-hydroxylation sites is 2. The highest BCUT2D eigenvalue weighted by Gasteiger charge is 2.20. The van der Waals surface area contributed by atoms with Crippen molar-refractivity contribution in [2.24, 2.45) is 0 Å². The normalized spacial score (nSPS) is 10.6. The number of carbonyl (C=O) groups excluding carboxylic acids is 1. The van der Waals surface area contributed by atoms with Crippen molar-refractivity contribution in [1.29, 1.82) is 0 Å². The van der Waals surface area contributed by atoms with Gasteiger partial charge in [-0.2, -0.15) is 4.98 Å². The Balaban J connectivity index is 1.68.